The molecule has 0 N–H and O–H groups in total. The van der Waals surface area contributed by atoms with Gasteiger partial charge < -0.3 is 9.47 Å². The Morgan fingerprint density at radius 3 is 2.41 bits per heavy atom. The predicted octanol–water partition coefficient (Wildman–Crippen LogP) is 3.54. The summed E-state index contributed by atoms with van der Waals surface area (Å²) in [5, 5.41) is 0. The molecule has 1 heterocycles. The van der Waals surface area contributed by atoms with Crippen LogP contribution in [0.3, 0.4) is 0 Å². The van der Waals surface area contributed by atoms with Crippen molar-refractivity contribution in [2.75, 3.05) is 19.8 Å². The minimum atomic E-state index is 0.223. The molecule has 1 aromatic carbocycles. The SMILES string of the molecule is CCCCCOc1ccc(C2(C)COC2)cc1. The monoisotopic (exact) mass is 234 g/mol. The highest BCUT2D eigenvalue weighted by Gasteiger charge is 2.34. The van der Waals surface area contributed by atoms with E-state index in [1.165, 1.54) is 18.4 Å². The number of benzene rings is 1. The highest BCUT2D eigenvalue weighted by Crippen LogP contribution is 2.32. The number of unbranched alkanes of at least 4 members (excludes halogenated alkanes) is 2. The minimum Gasteiger partial charge on any atom is -0.494 e. The third-order valence-electron chi connectivity index (χ3n) is 3.41. The lowest BCUT2D eigenvalue weighted by atomic mass is 9.81. The Hall–Kier alpha value is -1.02. The van der Waals surface area contributed by atoms with Gasteiger partial charge in [-0.2, -0.15) is 0 Å². The molecule has 2 rings (SSSR count). The van der Waals surface area contributed by atoms with Crippen molar-refractivity contribution < 1.29 is 9.47 Å². The summed E-state index contributed by atoms with van der Waals surface area (Å²) in [6, 6.07) is 8.48. The predicted molar refractivity (Wildman–Crippen MR) is 69.6 cm³/mol. The molecule has 0 aromatic heterocycles. The van der Waals surface area contributed by atoms with Gasteiger partial charge in [0.25, 0.3) is 0 Å². The van der Waals surface area contributed by atoms with Crippen LogP contribution in [-0.4, -0.2) is 19.8 Å². The van der Waals surface area contributed by atoms with Gasteiger partial charge in [0.15, 0.2) is 0 Å². The van der Waals surface area contributed by atoms with E-state index in [1.807, 2.05) is 0 Å². The molecule has 0 saturated carbocycles. The summed E-state index contributed by atoms with van der Waals surface area (Å²) in [6.45, 7) is 6.95. The van der Waals surface area contributed by atoms with E-state index in [9.17, 15) is 0 Å². The van der Waals surface area contributed by atoms with Crippen LogP contribution in [0.1, 0.15) is 38.7 Å². The Labute approximate surface area is 104 Å². The van der Waals surface area contributed by atoms with E-state index in [2.05, 4.69) is 38.1 Å². The lowest BCUT2D eigenvalue weighted by molar-refractivity contribution is -0.0500. The molecule has 0 radical (unpaired) electrons. The van der Waals surface area contributed by atoms with E-state index in [0.29, 0.717) is 0 Å². The van der Waals surface area contributed by atoms with Crippen molar-refractivity contribution in [2.24, 2.45) is 0 Å². The fourth-order valence-electron chi connectivity index (χ4n) is 2.07. The van der Waals surface area contributed by atoms with Crippen molar-refractivity contribution >= 4 is 0 Å². The van der Waals surface area contributed by atoms with Crippen LogP contribution in [0.15, 0.2) is 24.3 Å². The van der Waals surface area contributed by atoms with Gasteiger partial charge in [-0.15, -0.1) is 0 Å². The molecule has 17 heavy (non-hydrogen) atoms. The quantitative estimate of drug-likeness (QED) is 0.701. The lowest BCUT2D eigenvalue weighted by Gasteiger charge is -2.38. The van der Waals surface area contributed by atoms with E-state index < -0.39 is 0 Å². The molecule has 0 aliphatic carbocycles. The Morgan fingerprint density at radius 1 is 1.18 bits per heavy atom. The van der Waals surface area contributed by atoms with Gasteiger partial charge in [-0.3, -0.25) is 0 Å². The smallest absolute Gasteiger partial charge is 0.119 e. The van der Waals surface area contributed by atoms with Crippen molar-refractivity contribution in [3.8, 4) is 5.75 Å². The largest absolute Gasteiger partial charge is 0.494 e. The Bertz CT molecular complexity index is 338. The minimum absolute atomic E-state index is 0.223. The molecule has 0 unspecified atom stereocenters. The van der Waals surface area contributed by atoms with E-state index in [0.717, 1.165) is 32.0 Å². The standard InChI is InChI=1S/C15H22O2/c1-3-4-5-10-17-14-8-6-13(7-9-14)15(2)11-16-12-15/h6-9H,3-5,10-12H2,1-2H3. The summed E-state index contributed by atoms with van der Waals surface area (Å²) in [6.07, 6.45) is 3.62. The maximum atomic E-state index is 5.70. The van der Waals surface area contributed by atoms with Gasteiger partial charge in [0.05, 0.1) is 19.8 Å². The second kappa shape index (κ2) is 5.54. The highest BCUT2D eigenvalue weighted by molar-refractivity contribution is 5.33. The lowest BCUT2D eigenvalue weighted by Crippen LogP contribution is -2.43. The van der Waals surface area contributed by atoms with Crippen LogP contribution in [0.5, 0.6) is 5.75 Å². The molecular formula is C15H22O2. The number of hydrogen-bond acceptors (Lipinski definition) is 2. The van der Waals surface area contributed by atoms with Gasteiger partial charge in [-0.25, -0.2) is 0 Å². The van der Waals surface area contributed by atoms with E-state index in [1.54, 1.807) is 0 Å². The van der Waals surface area contributed by atoms with Crippen molar-refractivity contribution in [2.45, 2.75) is 38.5 Å². The first-order chi connectivity index (χ1) is 8.24. The molecule has 1 aliphatic rings. The van der Waals surface area contributed by atoms with Gasteiger partial charge in [0, 0.05) is 5.41 Å². The van der Waals surface area contributed by atoms with Crippen LogP contribution >= 0.6 is 0 Å². The van der Waals surface area contributed by atoms with Crippen molar-refractivity contribution in [3.05, 3.63) is 29.8 Å². The average Bonchev–Trinajstić information content (AvgIpc) is 2.33. The van der Waals surface area contributed by atoms with Gasteiger partial charge >= 0.3 is 0 Å². The first-order valence-electron chi connectivity index (χ1n) is 6.56. The molecule has 0 spiro atoms. The summed E-state index contributed by atoms with van der Waals surface area (Å²) < 4.78 is 11.0. The van der Waals surface area contributed by atoms with Crippen molar-refractivity contribution in [3.63, 3.8) is 0 Å². The number of hydrogen-bond donors (Lipinski definition) is 0. The zero-order valence-corrected chi connectivity index (χ0v) is 10.9. The van der Waals surface area contributed by atoms with E-state index >= 15 is 0 Å². The summed E-state index contributed by atoms with van der Waals surface area (Å²) in [4.78, 5) is 0. The first-order valence-corrected chi connectivity index (χ1v) is 6.56. The van der Waals surface area contributed by atoms with E-state index in [4.69, 9.17) is 9.47 Å². The molecule has 94 valence electrons. The second-order valence-electron chi connectivity index (χ2n) is 5.13. The molecule has 0 atom stereocenters. The summed E-state index contributed by atoms with van der Waals surface area (Å²) in [5.74, 6) is 0.980. The third-order valence-corrected chi connectivity index (χ3v) is 3.41. The molecule has 1 aliphatic heterocycles. The molecule has 1 saturated heterocycles. The average molecular weight is 234 g/mol. The molecule has 0 bridgehead atoms. The Balaban J connectivity index is 1.85. The van der Waals surface area contributed by atoms with Gasteiger partial charge in [-0.1, -0.05) is 38.8 Å². The molecule has 0 amide bonds. The van der Waals surface area contributed by atoms with Crippen LogP contribution in [0.2, 0.25) is 0 Å². The number of ether oxygens (including phenoxy) is 2. The number of rotatable bonds is 6. The van der Waals surface area contributed by atoms with Gasteiger partial charge in [-0.05, 0) is 24.1 Å². The first kappa shape index (κ1) is 12.4. The fourth-order valence-corrected chi connectivity index (χ4v) is 2.07. The Morgan fingerprint density at radius 2 is 1.88 bits per heavy atom. The van der Waals surface area contributed by atoms with Crippen LogP contribution in [0.25, 0.3) is 0 Å². The summed E-state index contributed by atoms with van der Waals surface area (Å²) in [5.41, 5.74) is 1.57. The van der Waals surface area contributed by atoms with Gasteiger partial charge in [0.1, 0.15) is 5.75 Å². The van der Waals surface area contributed by atoms with Crippen LogP contribution < -0.4 is 4.74 Å². The summed E-state index contributed by atoms with van der Waals surface area (Å²) in [7, 11) is 0. The van der Waals surface area contributed by atoms with E-state index in [-0.39, 0.29) is 5.41 Å². The molecular weight excluding hydrogens is 212 g/mol. The zero-order valence-electron chi connectivity index (χ0n) is 10.9. The summed E-state index contributed by atoms with van der Waals surface area (Å²) >= 11 is 0. The highest BCUT2D eigenvalue weighted by atomic mass is 16.5. The topological polar surface area (TPSA) is 18.5 Å². The molecule has 1 fully saturated rings. The van der Waals surface area contributed by atoms with Crippen molar-refractivity contribution in [1.82, 2.24) is 0 Å². The van der Waals surface area contributed by atoms with Gasteiger partial charge in [0.2, 0.25) is 0 Å². The van der Waals surface area contributed by atoms with Crippen LogP contribution in [0.4, 0.5) is 0 Å². The second-order valence-corrected chi connectivity index (χ2v) is 5.13. The zero-order chi connectivity index (χ0) is 12.1. The normalized spacial score (nSPS) is 17.5. The maximum absolute atomic E-state index is 5.70. The molecule has 2 heteroatoms. The van der Waals surface area contributed by atoms with Crippen LogP contribution in [0, 0.1) is 0 Å². The fraction of sp³-hybridized carbons (Fsp3) is 0.600. The van der Waals surface area contributed by atoms with Crippen LogP contribution in [-0.2, 0) is 10.2 Å². The maximum Gasteiger partial charge on any atom is 0.119 e. The molecule has 1 aromatic rings. The van der Waals surface area contributed by atoms with Crippen molar-refractivity contribution in [1.29, 1.82) is 0 Å². The Kier molecular flexibility index (Phi) is 4.06. The molecule has 2 nitrogen and oxygen atoms in total. The third kappa shape index (κ3) is 3.01.